The summed E-state index contributed by atoms with van der Waals surface area (Å²) in [6.45, 7) is 3.46. The van der Waals surface area contributed by atoms with E-state index in [-0.39, 0.29) is 33.6 Å². The molecule has 2 aromatic carbocycles. The Morgan fingerprint density at radius 2 is 1.71 bits per heavy atom. The smallest absolute Gasteiger partial charge is 0.339 e. The number of carbonyl (C=O) groups is 4. The first kappa shape index (κ1) is 22.0. The molecule has 9 heteroatoms. The lowest BCUT2D eigenvalue weighted by atomic mass is 10.1. The number of esters is 2. The maximum atomic E-state index is 13.0. The lowest BCUT2D eigenvalue weighted by molar-refractivity contribution is -0.120. The normalized spacial score (nSPS) is 13.6. The lowest BCUT2D eigenvalue weighted by Gasteiger charge is -2.18. The van der Waals surface area contributed by atoms with E-state index in [4.69, 9.17) is 21.1 Å². The summed E-state index contributed by atoms with van der Waals surface area (Å²) in [5.41, 5.74) is 0.529. The number of imide groups is 1. The number of hydrogen-bond acceptors (Lipinski definition) is 7. The quantitative estimate of drug-likeness (QED) is 0.539. The van der Waals surface area contributed by atoms with Gasteiger partial charge in [0.2, 0.25) is 0 Å². The van der Waals surface area contributed by atoms with E-state index in [0.717, 1.165) is 4.90 Å². The number of para-hydroxylation sites is 1. The Hall–Kier alpha value is -3.65. The number of nitrogens with zero attached hydrogens (tertiary/aromatic N) is 1. The zero-order chi connectivity index (χ0) is 22.7. The van der Waals surface area contributed by atoms with Gasteiger partial charge in [-0.3, -0.25) is 9.59 Å². The number of ether oxygens (including phenoxy) is 2. The monoisotopic (exact) mass is 442 g/mol. The van der Waals surface area contributed by atoms with Gasteiger partial charge in [0.1, 0.15) is 10.7 Å². The van der Waals surface area contributed by atoms with Gasteiger partial charge in [0.25, 0.3) is 11.8 Å². The molecule has 1 heterocycles. The first-order chi connectivity index (χ1) is 14.7. The zero-order valence-electron chi connectivity index (χ0n) is 17.0. The summed E-state index contributed by atoms with van der Waals surface area (Å²) in [4.78, 5) is 50.7. The van der Waals surface area contributed by atoms with Crippen molar-refractivity contribution >= 4 is 46.7 Å². The van der Waals surface area contributed by atoms with Crippen molar-refractivity contribution in [2.24, 2.45) is 0 Å². The molecule has 0 saturated heterocycles. The van der Waals surface area contributed by atoms with Crippen molar-refractivity contribution < 1.29 is 28.7 Å². The second-order valence-corrected chi connectivity index (χ2v) is 7.18. The molecule has 2 amide bonds. The van der Waals surface area contributed by atoms with Gasteiger partial charge in [-0.2, -0.15) is 0 Å². The average molecular weight is 443 g/mol. The molecule has 8 nitrogen and oxygen atoms in total. The number of benzene rings is 2. The summed E-state index contributed by atoms with van der Waals surface area (Å²) in [6, 6.07) is 12.3. The van der Waals surface area contributed by atoms with Crippen LogP contribution < -0.4 is 10.2 Å². The number of nitrogens with one attached hydrogen (secondary N) is 1. The Labute approximate surface area is 183 Å². The van der Waals surface area contributed by atoms with Crippen molar-refractivity contribution in [1.29, 1.82) is 0 Å². The number of methoxy groups -OCH3 is 1. The molecular formula is C22H19ClN2O6. The van der Waals surface area contributed by atoms with Gasteiger partial charge in [0, 0.05) is 5.69 Å². The Balaban J connectivity index is 1.90. The van der Waals surface area contributed by atoms with E-state index in [1.54, 1.807) is 44.2 Å². The molecule has 0 fully saturated rings. The highest BCUT2D eigenvalue weighted by molar-refractivity contribution is 6.53. The van der Waals surface area contributed by atoms with Crippen LogP contribution in [0.1, 0.15) is 34.6 Å². The molecule has 0 bridgehead atoms. The number of hydrogen-bond donors (Lipinski definition) is 1. The molecule has 1 N–H and O–H groups in total. The second-order valence-electron chi connectivity index (χ2n) is 6.80. The van der Waals surface area contributed by atoms with Crippen LogP contribution in [-0.2, 0) is 19.1 Å². The van der Waals surface area contributed by atoms with Crippen molar-refractivity contribution in [2.45, 2.75) is 20.0 Å². The van der Waals surface area contributed by atoms with Gasteiger partial charge in [0.05, 0.1) is 30.0 Å². The molecule has 0 aliphatic carbocycles. The lowest BCUT2D eigenvalue weighted by Crippen LogP contribution is -2.33. The molecule has 1 aliphatic rings. The third-order valence-corrected chi connectivity index (χ3v) is 4.64. The Morgan fingerprint density at radius 1 is 1.00 bits per heavy atom. The number of carbonyl (C=O) groups excluding carboxylic acids is 4. The number of amides is 2. The third-order valence-electron chi connectivity index (χ3n) is 4.29. The van der Waals surface area contributed by atoms with E-state index in [9.17, 15) is 19.2 Å². The van der Waals surface area contributed by atoms with Crippen molar-refractivity contribution in [2.75, 3.05) is 17.3 Å². The number of rotatable bonds is 6. The van der Waals surface area contributed by atoms with Crippen LogP contribution in [0.2, 0.25) is 0 Å². The van der Waals surface area contributed by atoms with Gasteiger partial charge in [0.15, 0.2) is 0 Å². The number of halogens is 1. The fourth-order valence-electron chi connectivity index (χ4n) is 2.93. The van der Waals surface area contributed by atoms with Crippen LogP contribution in [0.5, 0.6) is 0 Å². The van der Waals surface area contributed by atoms with Crippen LogP contribution in [0.3, 0.4) is 0 Å². The SMILES string of the molecule is COC(=O)c1ccccc1N1C(=O)C(Cl)=C(Nc2cccc(C(=O)OC(C)C)c2)C1=O. The maximum Gasteiger partial charge on any atom is 0.339 e. The molecule has 2 aromatic rings. The minimum atomic E-state index is -0.791. The Kier molecular flexibility index (Phi) is 6.41. The summed E-state index contributed by atoms with van der Waals surface area (Å²) in [5, 5.41) is 2.45. The third kappa shape index (κ3) is 4.44. The van der Waals surface area contributed by atoms with Crippen LogP contribution in [-0.4, -0.2) is 37.0 Å². The Bertz CT molecular complexity index is 1110. The standard InChI is InChI=1S/C22H19ClN2O6/c1-12(2)31-21(28)13-7-6-8-14(11-13)24-18-17(23)19(26)25(20(18)27)16-10-5-4-9-15(16)22(29)30-3/h4-12,24H,1-3H3. The second kappa shape index (κ2) is 9.01. The van der Waals surface area contributed by atoms with Crippen molar-refractivity contribution in [1.82, 2.24) is 0 Å². The molecule has 0 radical (unpaired) electrons. The van der Waals surface area contributed by atoms with Crippen LogP contribution in [0.15, 0.2) is 59.3 Å². The van der Waals surface area contributed by atoms with Crippen molar-refractivity contribution in [3.8, 4) is 0 Å². The highest BCUT2D eigenvalue weighted by atomic mass is 35.5. The van der Waals surface area contributed by atoms with E-state index in [0.29, 0.717) is 5.69 Å². The van der Waals surface area contributed by atoms with Crippen molar-refractivity contribution in [3.05, 3.63) is 70.4 Å². The summed E-state index contributed by atoms with van der Waals surface area (Å²) < 4.78 is 9.89. The van der Waals surface area contributed by atoms with Gasteiger partial charge >= 0.3 is 11.9 Å². The topological polar surface area (TPSA) is 102 Å². The molecule has 1 aliphatic heterocycles. The molecule has 0 spiro atoms. The molecule has 160 valence electrons. The zero-order valence-corrected chi connectivity index (χ0v) is 17.7. The first-order valence-electron chi connectivity index (χ1n) is 9.28. The van der Waals surface area contributed by atoms with E-state index in [1.807, 2.05) is 0 Å². The van der Waals surface area contributed by atoms with Crippen LogP contribution >= 0.6 is 11.6 Å². The van der Waals surface area contributed by atoms with Crippen LogP contribution in [0.4, 0.5) is 11.4 Å². The van der Waals surface area contributed by atoms with Crippen LogP contribution in [0.25, 0.3) is 0 Å². The average Bonchev–Trinajstić information content (AvgIpc) is 2.96. The van der Waals surface area contributed by atoms with E-state index < -0.39 is 23.8 Å². The molecule has 0 saturated carbocycles. The first-order valence-corrected chi connectivity index (χ1v) is 9.66. The molecule has 0 unspecified atom stereocenters. The van der Waals surface area contributed by atoms with Crippen LogP contribution in [0, 0.1) is 0 Å². The Morgan fingerprint density at radius 3 is 2.39 bits per heavy atom. The van der Waals surface area contributed by atoms with Gasteiger partial charge in [-0.05, 0) is 44.2 Å². The van der Waals surface area contributed by atoms with E-state index >= 15 is 0 Å². The molecule has 0 atom stereocenters. The molecule has 0 aromatic heterocycles. The van der Waals surface area contributed by atoms with E-state index in [1.165, 1.54) is 25.3 Å². The van der Waals surface area contributed by atoms with Gasteiger partial charge in [-0.1, -0.05) is 29.8 Å². The molecule has 31 heavy (non-hydrogen) atoms. The minimum Gasteiger partial charge on any atom is -0.465 e. The highest BCUT2D eigenvalue weighted by Gasteiger charge is 2.40. The van der Waals surface area contributed by atoms with Gasteiger partial charge in [-0.25, -0.2) is 14.5 Å². The highest BCUT2D eigenvalue weighted by Crippen LogP contribution is 2.32. The van der Waals surface area contributed by atoms with E-state index in [2.05, 4.69) is 5.32 Å². The summed E-state index contributed by atoms with van der Waals surface area (Å²) in [7, 11) is 1.20. The molecule has 3 rings (SSSR count). The fraction of sp³-hybridized carbons (Fsp3) is 0.182. The largest absolute Gasteiger partial charge is 0.465 e. The summed E-state index contributed by atoms with van der Waals surface area (Å²) in [5.74, 6) is -2.77. The summed E-state index contributed by atoms with van der Waals surface area (Å²) in [6.07, 6.45) is -0.293. The summed E-state index contributed by atoms with van der Waals surface area (Å²) >= 11 is 6.15. The molecular weight excluding hydrogens is 424 g/mol. The fourth-order valence-corrected chi connectivity index (χ4v) is 3.14. The predicted octanol–water partition coefficient (Wildman–Crippen LogP) is 3.47. The van der Waals surface area contributed by atoms with Gasteiger partial charge < -0.3 is 14.8 Å². The maximum absolute atomic E-state index is 13.0. The number of anilines is 2. The minimum absolute atomic E-state index is 0.0378. The van der Waals surface area contributed by atoms with Crippen molar-refractivity contribution in [3.63, 3.8) is 0 Å². The van der Waals surface area contributed by atoms with Gasteiger partial charge in [-0.15, -0.1) is 0 Å². The predicted molar refractivity (Wildman–Crippen MR) is 114 cm³/mol.